The van der Waals surface area contributed by atoms with Crippen LogP contribution >= 0.6 is 0 Å². The summed E-state index contributed by atoms with van der Waals surface area (Å²) in [6.45, 7) is 5.20. The maximum Gasteiger partial charge on any atom is 0.119 e. The maximum atomic E-state index is 5.61. The lowest BCUT2D eigenvalue weighted by Crippen LogP contribution is -2.21. The number of hydrogen-bond donors (Lipinski definition) is 1. The molecule has 1 rings (SSSR count). The highest BCUT2D eigenvalue weighted by molar-refractivity contribution is 5.41. The van der Waals surface area contributed by atoms with Crippen LogP contribution < -0.4 is 10.5 Å². The highest BCUT2D eigenvalue weighted by Gasteiger charge is 1.97. The third kappa shape index (κ3) is 5.03. The van der Waals surface area contributed by atoms with Gasteiger partial charge in [0.2, 0.25) is 0 Å². The topological polar surface area (TPSA) is 38.5 Å². The van der Waals surface area contributed by atoms with Crippen molar-refractivity contribution in [2.45, 2.75) is 19.8 Å². The van der Waals surface area contributed by atoms with E-state index in [9.17, 15) is 0 Å². The predicted octanol–water partition coefficient (Wildman–Crippen LogP) is 2.38. The Kier molecular flexibility index (Phi) is 5.72. The van der Waals surface area contributed by atoms with E-state index in [1.54, 1.807) is 0 Å². The van der Waals surface area contributed by atoms with E-state index in [4.69, 9.17) is 10.5 Å². The summed E-state index contributed by atoms with van der Waals surface area (Å²) in [6.07, 6.45) is 2.26. The smallest absolute Gasteiger partial charge is 0.119 e. The van der Waals surface area contributed by atoms with Gasteiger partial charge in [-0.05, 0) is 50.7 Å². The van der Waals surface area contributed by atoms with Crippen LogP contribution in [0.3, 0.4) is 0 Å². The summed E-state index contributed by atoms with van der Waals surface area (Å²) >= 11 is 0. The molecule has 0 aliphatic rings. The molecule has 1 aromatic rings. The zero-order valence-electron chi connectivity index (χ0n) is 10.3. The van der Waals surface area contributed by atoms with Crippen molar-refractivity contribution in [2.24, 2.45) is 0 Å². The highest BCUT2D eigenvalue weighted by atomic mass is 16.5. The Balaban J connectivity index is 2.13. The second-order valence-corrected chi connectivity index (χ2v) is 4.07. The predicted molar refractivity (Wildman–Crippen MR) is 68.8 cm³/mol. The van der Waals surface area contributed by atoms with Gasteiger partial charge in [0.1, 0.15) is 5.75 Å². The molecule has 0 aromatic heterocycles. The SMILES string of the molecule is CCCN(C)CCCOc1ccc(N)cc1. The fourth-order valence-corrected chi connectivity index (χ4v) is 1.58. The van der Waals surface area contributed by atoms with Crippen LogP contribution in [0.15, 0.2) is 24.3 Å². The molecule has 0 heterocycles. The van der Waals surface area contributed by atoms with Crippen molar-refractivity contribution in [1.29, 1.82) is 0 Å². The lowest BCUT2D eigenvalue weighted by Gasteiger charge is -2.15. The van der Waals surface area contributed by atoms with Gasteiger partial charge in [-0.15, -0.1) is 0 Å². The van der Waals surface area contributed by atoms with Gasteiger partial charge in [0.05, 0.1) is 6.61 Å². The molecule has 0 fully saturated rings. The number of rotatable bonds is 7. The molecule has 1 aromatic carbocycles. The van der Waals surface area contributed by atoms with Gasteiger partial charge >= 0.3 is 0 Å². The molecule has 0 bridgehead atoms. The molecular weight excluding hydrogens is 200 g/mol. The van der Waals surface area contributed by atoms with E-state index in [-0.39, 0.29) is 0 Å². The van der Waals surface area contributed by atoms with Crippen molar-refractivity contribution in [1.82, 2.24) is 4.90 Å². The first-order chi connectivity index (χ1) is 7.72. The number of hydrogen-bond acceptors (Lipinski definition) is 3. The summed E-state index contributed by atoms with van der Waals surface area (Å²) < 4.78 is 5.61. The monoisotopic (exact) mass is 222 g/mol. The maximum absolute atomic E-state index is 5.61. The van der Waals surface area contributed by atoms with Crippen LogP contribution in [0.4, 0.5) is 5.69 Å². The van der Waals surface area contributed by atoms with E-state index in [0.29, 0.717) is 0 Å². The van der Waals surface area contributed by atoms with Gasteiger partial charge < -0.3 is 15.4 Å². The standard InChI is InChI=1S/C13H22N2O/c1-3-9-15(2)10-4-11-16-13-7-5-12(14)6-8-13/h5-8H,3-4,9-11,14H2,1-2H3. The van der Waals surface area contributed by atoms with E-state index in [2.05, 4.69) is 18.9 Å². The fraction of sp³-hybridized carbons (Fsp3) is 0.538. The Bertz CT molecular complexity index is 284. The zero-order valence-corrected chi connectivity index (χ0v) is 10.3. The van der Waals surface area contributed by atoms with E-state index in [1.165, 1.54) is 6.42 Å². The number of anilines is 1. The zero-order chi connectivity index (χ0) is 11.8. The third-order valence-corrected chi connectivity index (χ3v) is 2.44. The first-order valence-electron chi connectivity index (χ1n) is 5.89. The lowest BCUT2D eigenvalue weighted by atomic mass is 10.3. The van der Waals surface area contributed by atoms with Gasteiger partial charge in [0.15, 0.2) is 0 Å². The van der Waals surface area contributed by atoms with Crippen molar-refractivity contribution in [3.63, 3.8) is 0 Å². The average molecular weight is 222 g/mol. The van der Waals surface area contributed by atoms with Gasteiger partial charge in [-0.3, -0.25) is 0 Å². The highest BCUT2D eigenvalue weighted by Crippen LogP contribution is 2.13. The Morgan fingerprint density at radius 2 is 1.88 bits per heavy atom. The Morgan fingerprint density at radius 3 is 2.50 bits per heavy atom. The van der Waals surface area contributed by atoms with Crippen LogP contribution in [-0.4, -0.2) is 31.6 Å². The van der Waals surface area contributed by atoms with Gasteiger partial charge in [-0.2, -0.15) is 0 Å². The molecule has 0 aliphatic carbocycles. The van der Waals surface area contributed by atoms with Crippen LogP contribution in [0.2, 0.25) is 0 Å². The molecule has 3 nitrogen and oxygen atoms in total. The van der Waals surface area contributed by atoms with Crippen molar-refractivity contribution < 1.29 is 4.74 Å². The summed E-state index contributed by atoms with van der Waals surface area (Å²) in [5.74, 6) is 0.896. The normalized spacial score (nSPS) is 10.7. The molecule has 0 atom stereocenters. The summed E-state index contributed by atoms with van der Waals surface area (Å²) in [5, 5.41) is 0. The Labute approximate surface area is 98.2 Å². The minimum atomic E-state index is 0.762. The summed E-state index contributed by atoms with van der Waals surface area (Å²) in [4.78, 5) is 2.33. The first kappa shape index (κ1) is 12.8. The summed E-state index contributed by atoms with van der Waals surface area (Å²) in [7, 11) is 2.15. The van der Waals surface area contributed by atoms with E-state index in [1.807, 2.05) is 24.3 Å². The minimum absolute atomic E-state index is 0.762. The second-order valence-electron chi connectivity index (χ2n) is 4.07. The third-order valence-electron chi connectivity index (χ3n) is 2.44. The van der Waals surface area contributed by atoms with Gasteiger partial charge in [-0.25, -0.2) is 0 Å². The molecule has 3 heteroatoms. The number of benzene rings is 1. The van der Waals surface area contributed by atoms with Crippen LogP contribution in [0.25, 0.3) is 0 Å². The molecule has 90 valence electrons. The van der Waals surface area contributed by atoms with Crippen molar-refractivity contribution >= 4 is 5.69 Å². The number of nitrogens with two attached hydrogens (primary N) is 1. The van der Waals surface area contributed by atoms with Gasteiger partial charge in [0, 0.05) is 12.2 Å². The average Bonchev–Trinajstić information content (AvgIpc) is 2.27. The van der Waals surface area contributed by atoms with Crippen molar-refractivity contribution in [2.75, 3.05) is 32.5 Å². The Morgan fingerprint density at radius 1 is 1.19 bits per heavy atom. The molecular formula is C13H22N2O. The number of ether oxygens (including phenoxy) is 1. The van der Waals surface area contributed by atoms with Crippen molar-refractivity contribution in [3.05, 3.63) is 24.3 Å². The Hall–Kier alpha value is -1.22. The van der Waals surface area contributed by atoms with E-state index in [0.717, 1.165) is 37.6 Å². The van der Waals surface area contributed by atoms with Crippen molar-refractivity contribution in [3.8, 4) is 5.75 Å². The first-order valence-corrected chi connectivity index (χ1v) is 5.89. The lowest BCUT2D eigenvalue weighted by molar-refractivity contribution is 0.263. The quantitative estimate of drug-likeness (QED) is 0.568. The molecule has 0 aliphatic heterocycles. The largest absolute Gasteiger partial charge is 0.494 e. The van der Waals surface area contributed by atoms with E-state index < -0.39 is 0 Å². The molecule has 16 heavy (non-hydrogen) atoms. The molecule has 0 amide bonds. The minimum Gasteiger partial charge on any atom is -0.494 e. The fourth-order valence-electron chi connectivity index (χ4n) is 1.58. The second kappa shape index (κ2) is 7.12. The van der Waals surface area contributed by atoms with Crippen LogP contribution in [0, 0.1) is 0 Å². The molecule has 0 radical (unpaired) electrons. The van der Waals surface area contributed by atoms with Crippen LogP contribution in [0.5, 0.6) is 5.75 Å². The van der Waals surface area contributed by atoms with Gasteiger partial charge in [-0.1, -0.05) is 6.92 Å². The molecule has 0 saturated heterocycles. The van der Waals surface area contributed by atoms with Crippen LogP contribution in [0.1, 0.15) is 19.8 Å². The van der Waals surface area contributed by atoms with Crippen LogP contribution in [-0.2, 0) is 0 Å². The molecule has 0 unspecified atom stereocenters. The van der Waals surface area contributed by atoms with Gasteiger partial charge in [0.25, 0.3) is 0 Å². The molecule has 0 spiro atoms. The number of nitrogens with zero attached hydrogens (tertiary/aromatic N) is 1. The van der Waals surface area contributed by atoms with E-state index >= 15 is 0 Å². The number of nitrogen functional groups attached to an aromatic ring is 1. The molecule has 0 saturated carbocycles. The summed E-state index contributed by atoms with van der Waals surface area (Å²) in [5.41, 5.74) is 6.37. The molecule has 2 N–H and O–H groups in total. The summed E-state index contributed by atoms with van der Waals surface area (Å²) in [6, 6.07) is 7.53.